The van der Waals surface area contributed by atoms with Crippen molar-refractivity contribution in [3.05, 3.63) is 0 Å². The van der Waals surface area contributed by atoms with Gasteiger partial charge >= 0.3 is 5.97 Å². The van der Waals surface area contributed by atoms with E-state index in [2.05, 4.69) is 0 Å². The van der Waals surface area contributed by atoms with Crippen molar-refractivity contribution in [2.24, 2.45) is 11.3 Å². The second kappa shape index (κ2) is 2.73. The molecule has 1 N–H and O–H groups in total. The SMILES string of the molecule is O=C(O)CC1CC12CCCOC2. The van der Waals surface area contributed by atoms with E-state index in [1.165, 1.54) is 6.42 Å². The second-order valence-electron chi connectivity index (χ2n) is 4.02. The highest BCUT2D eigenvalue weighted by atomic mass is 16.5. The summed E-state index contributed by atoms with van der Waals surface area (Å²) in [6.07, 6.45) is 3.68. The molecule has 12 heavy (non-hydrogen) atoms. The number of carboxylic acids is 1. The molecule has 3 heteroatoms. The summed E-state index contributed by atoms with van der Waals surface area (Å²) >= 11 is 0. The third-order valence-corrected chi connectivity index (χ3v) is 3.13. The molecule has 0 aromatic rings. The fraction of sp³-hybridized carbons (Fsp3) is 0.889. The molecular weight excluding hydrogens is 156 g/mol. The summed E-state index contributed by atoms with van der Waals surface area (Å²) in [4.78, 5) is 10.4. The molecule has 1 saturated carbocycles. The van der Waals surface area contributed by atoms with Gasteiger partial charge in [0.05, 0.1) is 6.61 Å². The Morgan fingerprint density at radius 2 is 2.50 bits per heavy atom. The Bertz CT molecular complexity index is 194. The van der Waals surface area contributed by atoms with Gasteiger partial charge in [0, 0.05) is 13.0 Å². The summed E-state index contributed by atoms with van der Waals surface area (Å²) in [6.45, 7) is 1.66. The van der Waals surface area contributed by atoms with E-state index in [9.17, 15) is 4.79 Å². The molecular formula is C9H14O3. The lowest BCUT2D eigenvalue weighted by Crippen LogP contribution is -2.21. The fourth-order valence-corrected chi connectivity index (χ4v) is 2.29. The highest BCUT2D eigenvalue weighted by molar-refractivity contribution is 5.67. The van der Waals surface area contributed by atoms with Gasteiger partial charge < -0.3 is 9.84 Å². The molecule has 0 aromatic carbocycles. The second-order valence-corrected chi connectivity index (χ2v) is 4.02. The lowest BCUT2D eigenvalue weighted by Gasteiger charge is -2.22. The maximum Gasteiger partial charge on any atom is 0.303 e. The first-order valence-electron chi connectivity index (χ1n) is 4.52. The van der Waals surface area contributed by atoms with Crippen molar-refractivity contribution in [2.45, 2.75) is 25.7 Å². The van der Waals surface area contributed by atoms with E-state index in [1.54, 1.807) is 0 Å². The van der Waals surface area contributed by atoms with Crippen LogP contribution in [0.4, 0.5) is 0 Å². The lowest BCUT2D eigenvalue weighted by molar-refractivity contribution is -0.137. The van der Waals surface area contributed by atoms with Crippen LogP contribution in [0, 0.1) is 11.3 Å². The van der Waals surface area contributed by atoms with E-state index in [1.807, 2.05) is 0 Å². The molecule has 1 aliphatic heterocycles. The Morgan fingerprint density at radius 3 is 3.08 bits per heavy atom. The van der Waals surface area contributed by atoms with Crippen LogP contribution in [0.5, 0.6) is 0 Å². The molecule has 2 fully saturated rings. The van der Waals surface area contributed by atoms with Crippen molar-refractivity contribution in [3.63, 3.8) is 0 Å². The fourth-order valence-electron chi connectivity index (χ4n) is 2.29. The number of ether oxygens (including phenoxy) is 1. The lowest BCUT2D eigenvalue weighted by atomic mass is 9.95. The average Bonchev–Trinajstić information content (AvgIpc) is 2.63. The minimum absolute atomic E-state index is 0.274. The van der Waals surface area contributed by atoms with E-state index in [-0.39, 0.29) is 5.41 Å². The van der Waals surface area contributed by atoms with E-state index in [0.717, 1.165) is 26.1 Å². The van der Waals surface area contributed by atoms with E-state index in [4.69, 9.17) is 9.84 Å². The zero-order valence-electron chi connectivity index (χ0n) is 7.08. The molecule has 2 atom stereocenters. The Labute approximate surface area is 71.7 Å². The van der Waals surface area contributed by atoms with E-state index >= 15 is 0 Å². The van der Waals surface area contributed by atoms with Gasteiger partial charge in [0.25, 0.3) is 0 Å². The molecule has 0 aromatic heterocycles. The van der Waals surface area contributed by atoms with Gasteiger partial charge in [-0.3, -0.25) is 4.79 Å². The zero-order chi connectivity index (χ0) is 8.60. The number of hydrogen-bond donors (Lipinski definition) is 1. The topological polar surface area (TPSA) is 46.5 Å². The number of carbonyl (C=O) groups is 1. The third kappa shape index (κ3) is 1.33. The maximum absolute atomic E-state index is 10.4. The van der Waals surface area contributed by atoms with Crippen molar-refractivity contribution >= 4 is 5.97 Å². The molecule has 0 radical (unpaired) electrons. The predicted octanol–water partition coefficient (Wildman–Crippen LogP) is 1.28. The largest absolute Gasteiger partial charge is 0.481 e. The van der Waals surface area contributed by atoms with Gasteiger partial charge in [0.2, 0.25) is 0 Å². The molecule has 1 aliphatic carbocycles. The van der Waals surface area contributed by atoms with E-state index < -0.39 is 5.97 Å². The Balaban J connectivity index is 1.86. The molecule has 68 valence electrons. The van der Waals surface area contributed by atoms with Crippen LogP contribution >= 0.6 is 0 Å². The predicted molar refractivity (Wildman–Crippen MR) is 42.8 cm³/mol. The van der Waals surface area contributed by atoms with Gasteiger partial charge in [0.15, 0.2) is 0 Å². The minimum Gasteiger partial charge on any atom is -0.481 e. The van der Waals surface area contributed by atoms with Gasteiger partial charge in [-0.25, -0.2) is 0 Å². The van der Waals surface area contributed by atoms with Crippen LogP contribution in [-0.2, 0) is 9.53 Å². The molecule has 2 rings (SSSR count). The van der Waals surface area contributed by atoms with Crippen molar-refractivity contribution in [1.29, 1.82) is 0 Å². The third-order valence-electron chi connectivity index (χ3n) is 3.13. The van der Waals surface area contributed by atoms with Crippen LogP contribution in [-0.4, -0.2) is 24.3 Å². The Morgan fingerprint density at radius 1 is 1.67 bits per heavy atom. The summed E-state index contributed by atoms with van der Waals surface area (Å²) in [7, 11) is 0. The molecule has 2 unspecified atom stereocenters. The van der Waals surface area contributed by atoms with Gasteiger partial charge in [-0.05, 0) is 30.6 Å². The smallest absolute Gasteiger partial charge is 0.303 e. The Kier molecular flexibility index (Phi) is 1.83. The van der Waals surface area contributed by atoms with Gasteiger partial charge in [-0.2, -0.15) is 0 Å². The van der Waals surface area contributed by atoms with Crippen LogP contribution in [0.2, 0.25) is 0 Å². The van der Waals surface area contributed by atoms with Gasteiger partial charge in [-0.15, -0.1) is 0 Å². The van der Waals surface area contributed by atoms with Crippen LogP contribution < -0.4 is 0 Å². The molecule has 3 nitrogen and oxygen atoms in total. The first kappa shape index (κ1) is 8.05. The molecule has 0 bridgehead atoms. The quantitative estimate of drug-likeness (QED) is 0.679. The van der Waals surface area contributed by atoms with Crippen LogP contribution in [0.25, 0.3) is 0 Å². The summed E-state index contributed by atoms with van der Waals surface area (Å²) < 4.78 is 5.37. The van der Waals surface area contributed by atoms with Crippen molar-refractivity contribution in [1.82, 2.24) is 0 Å². The molecule has 0 amide bonds. The first-order chi connectivity index (χ1) is 5.73. The molecule has 1 heterocycles. The van der Waals surface area contributed by atoms with E-state index in [0.29, 0.717) is 12.3 Å². The van der Waals surface area contributed by atoms with Crippen LogP contribution in [0.15, 0.2) is 0 Å². The number of aliphatic carboxylic acids is 1. The maximum atomic E-state index is 10.4. The summed E-state index contributed by atoms with van der Waals surface area (Å²) in [6, 6.07) is 0. The zero-order valence-corrected chi connectivity index (χ0v) is 7.08. The van der Waals surface area contributed by atoms with Crippen LogP contribution in [0.3, 0.4) is 0 Å². The summed E-state index contributed by atoms with van der Waals surface area (Å²) in [5.74, 6) is -0.266. The first-order valence-corrected chi connectivity index (χ1v) is 4.52. The van der Waals surface area contributed by atoms with Crippen molar-refractivity contribution in [2.75, 3.05) is 13.2 Å². The highest BCUT2D eigenvalue weighted by Crippen LogP contribution is 2.58. The minimum atomic E-state index is -0.664. The monoisotopic (exact) mass is 170 g/mol. The molecule has 1 spiro atoms. The number of rotatable bonds is 2. The van der Waals surface area contributed by atoms with Crippen molar-refractivity contribution in [3.8, 4) is 0 Å². The highest BCUT2D eigenvalue weighted by Gasteiger charge is 2.55. The number of hydrogen-bond acceptors (Lipinski definition) is 2. The van der Waals surface area contributed by atoms with Gasteiger partial charge in [0.1, 0.15) is 0 Å². The normalized spacial score (nSPS) is 39.8. The molecule has 1 saturated heterocycles. The summed E-state index contributed by atoms with van der Waals surface area (Å²) in [5, 5.41) is 8.60. The average molecular weight is 170 g/mol. The standard InChI is InChI=1S/C9H14O3/c10-8(11)4-7-5-9(7)2-1-3-12-6-9/h7H,1-6H2,(H,10,11). The van der Waals surface area contributed by atoms with Crippen molar-refractivity contribution < 1.29 is 14.6 Å². The van der Waals surface area contributed by atoms with Crippen LogP contribution in [0.1, 0.15) is 25.7 Å². The Hall–Kier alpha value is -0.570. The number of carboxylic acid groups (broad SMARTS) is 1. The van der Waals surface area contributed by atoms with Gasteiger partial charge in [-0.1, -0.05) is 0 Å². The molecule has 2 aliphatic rings. The summed E-state index contributed by atoms with van der Waals surface area (Å²) in [5.41, 5.74) is 0.274.